The molecule has 0 heterocycles. The molecule has 0 fully saturated rings. The Balaban J connectivity index is 2.74. The lowest BCUT2D eigenvalue weighted by Crippen LogP contribution is -2.37. The maximum Gasteiger partial charge on any atom is 0.337 e. The normalized spacial score (nSPS) is 12.2. The topological polar surface area (TPSA) is 75.6 Å². The number of nitrogens with one attached hydrogen (secondary N) is 1. The van der Waals surface area contributed by atoms with Crippen LogP contribution in [0.3, 0.4) is 0 Å². The molecule has 1 aromatic rings. The molecule has 0 spiro atoms. The standard InChI is InChI=1S/C15H20BrNO4/c1-9(2)6-13(14(18)19)17-8-11-5-4-10(7-12(11)16)15(20)21-3/h4-5,7,9,13,17H,6,8H2,1-3H3,(H,18,19)/t13-/m1/s1. The number of carbonyl (C=O) groups excluding carboxylic acids is 1. The lowest BCUT2D eigenvalue weighted by molar-refractivity contribution is -0.140. The van der Waals surface area contributed by atoms with E-state index in [9.17, 15) is 14.7 Å². The van der Waals surface area contributed by atoms with Gasteiger partial charge in [-0.05, 0) is 30.0 Å². The average Bonchev–Trinajstić information content (AvgIpc) is 2.42. The summed E-state index contributed by atoms with van der Waals surface area (Å²) in [6.07, 6.45) is 0.563. The van der Waals surface area contributed by atoms with Crippen LogP contribution in [-0.2, 0) is 16.1 Å². The van der Waals surface area contributed by atoms with Crippen molar-refractivity contribution in [2.45, 2.75) is 32.9 Å². The highest BCUT2D eigenvalue weighted by molar-refractivity contribution is 9.10. The molecule has 0 bridgehead atoms. The average molecular weight is 358 g/mol. The summed E-state index contributed by atoms with van der Waals surface area (Å²) in [5.41, 5.74) is 1.34. The van der Waals surface area contributed by atoms with Gasteiger partial charge in [0.1, 0.15) is 6.04 Å². The van der Waals surface area contributed by atoms with Crippen LogP contribution in [0.1, 0.15) is 36.2 Å². The number of esters is 1. The van der Waals surface area contributed by atoms with E-state index >= 15 is 0 Å². The number of aliphatic carboxylic acids is 1. The first-order valence-corrected chi connectivity index (χ1v) is 7.47. The number of hydrogen-bond donors (Lipinski definition) is 2. The van der Waals surface area contributed by atoms with Crippen molar-refractivity contribution in [1.82, 2.24) is 5.32 Å². The summed E-state index contributed by atoms with van der Waals surface area (Å²) in [5.74, 6) is -0.965. The van der Waals surface area contributed by atoms with Gasteiger partial charge in [-0.15, -0.1) is 0 Å². The highest BCUT2D eigenvalue weighted by Crippen LogP contribution is 2.19. The number of carboxylic acid groups (broad SMARTS) is 1. The van der Waals surface area contributed by atoms with Crippen LogP contribution in [0, 0.1) is 5.92 Å². The third-order valence-corrected chi connectivity index (χ3v) is 3.76. The van der Waals surface area contributed by atoms with E-state index in [2.05, 4.69) is 26.0 Å². The van der Waals surface area contributed by atoms with Gasteiger partial charge < -0.3 is 15.2 Å². The molecule has 0 unspecified atom stereocenters. The van der Waals surface area contributed by atoms with Crippen LogP contribution in [0.15, 0.2) is 22.7 Å². The Hall–Kier alpha value is -1.40. The number of carboxylic acids is 1. The molecule has 0 radical (unpaired) electrons. The van der Waals surface area contributed by atoms with Crippen molar-refractivity contribution in [3.05, 3.63) is 33.8 Å². The second-order valence-electron chi connectivity index (χ2n) is 5.20. The second kappa shape index (κ2) is 8.14. The van der Waals surface area contributed by atoms with Crippen molar-refractivity contribution in [2.24, 2.45) is 5.92 Å². The molecular formula is C15H20BrNO4. The lowest BCUT2D eigenvalue weighted by Gasteiger charge is -2.17. The molecule has 116 valence electrons. The maximum absolute atomic E-state index is 11.4. The minimum absolute atomic E-state index is 0.295. The molecule has 0 saturated heterocycles. The minimum Gasteiger partial charge on any atom is -0.480 e. The zero-order chi connectivity index (χ0) is 16.0. The molecule has 1 rings (SSSR count). The number of rotatable bonds is 7. The molecule has 1 aromatic carbocycles. The van der Waals surface area contributed by atoms with Gasteiger partial charge in [0.05, 0.1) is 12.7 Å². The zero-order valence-corrected chi connectivity index (χ0v) is 13.9. The van der Waals surface area contributed by atoms with Crippen molar-refractivity contribution in [3.63, 3.8) is 0 Å². The molecule has 5 nitrogen and oxygen atoms in total. The van der Waals surface area contributed by atoms with Gasteiger partial charge in [0.15, 0.2) is 0 Å². The van der Waals surface area contributed by atoms with E-state index in [1.165, 1.54) is 7.11 Å². The fourth-order valence-electron chi connectivity index (χ4n) is 1.91. The van der Waals surface area contributed by atoms with E-state index in [1.807, 2.05) is 13.8 Å². The first-order valence-electron chi connectivity index (χ1n) is 6.68. The number of carbonyl (C=O) groups is 2. The van der Waals surface area contributed by atoms with Gasteiger partial charge in [-0.3, -0.25) is 4.79 Å². The van der Waals surface area contributed by atoms with E-state index in [4.69, 9.17) is 0 Å². The van der Waals surface area contributed by atoms with E-state index in [0.29, 0.717) is 24.4 Å². The molecule has 0 saturated carbocycles. The van der Waals surface area contributed by atoms with Crippen molar-refractivity contribution in [1.29, 1.82) is 0 Å². The van der Waals surface area contributed by atoms with Gasteiger partial charge in [0.25, 0.3) is 0 Å². The Labute approximate surface area is 132 Å². The third kappa shape index (κ3) is 5.47. The molecule has 21 heavy (non-hydrogen) atoms. The lowest BCUT2D eigenvalue weighted by atomic mass is 10.0. The first-order chi connectivity index (χ1) is 9.85. The first kappa shape index (κ1) is 17.7. The number of ether oxygens (including phenoxy) is 1. The Kier molecular flexibility index (Phi) is 6.84. The van der Waals surface area contributed by atoms with Crippen LogP contribution in [0.5, 0.6) is 0 Å². The smallest absolute Gasteiger partial charge is 0.337 e. The number of benzene rings is 1. The van der Waals surface area contributed by atoms with E-state index < -0.39 is 18.0 Å². The monoisotopic (exact) mass is 357 g/mol. The van der Waals surface area contributed by atoms with Crippen LogP contribution in [-0.4, -0.2) is 30.2 Å². The van der Waals surface area contributed by atoms with Crippen LogP contribution < -0.4 is 5.32 Å². The van der Waals surface area contributed by atoms with Gasteiger partial charge >= 0.3 is 11.9 Å². The molecule has 6 heteroatoms. The predicted molar refractivity (Wildman–Crippen MR) is 83.2 cm³/mol. The zero-order valence-electron chi connectivity index (χ0n) is 12.4. The molecular weight excluding hydrogens is 338 g/mol. The Morgan fingerprint density at radius 3 is 2.52 bits per heavy atom. The van der Waals surface area contributed by atoms with E-state index in [0.717, 1.165) is 10.0 Å². The highest BCUT2D eigenvalue weighted by atomic mass is 79.9. The molecule has 0 aromatic heterocycles. The summed E-state index contributed by atoms with van der Waals surface area (Å²) in [5, 5.41) is 12.2. The number of halogens is 1. The molecule has 2 N–H and O–H groups in total. The summed E-state index contributed by atoms with van der Waals surface area (Å²) < 4.78 is 5.39. The van der Waals surface area contributed by atoms with E-state index in [1.54, 1.807) is 18.2 Å². The van der Waals surface area contributed by atoms with Gasteiger partial charge in [0, 0.05) is 11.0 Å². The predicted octanol–water partition coefficient (Wildman–Crippen LogP) is 2.82. The second-order valence-corrected chi connectivity index (χ2v) is 6.05. The van der Waals surface area contributed by atoms with Gasteiger partial charge in [-0.2, -0.15) is 0 Å². The summed E-state index contributed by atoms with van der Waals surface area (Å²) in [6, 6.07) is 4.52. The molecule has 0 aliphatic carbocycles. The fourth-order valence-corrected chi connectivity index (χ4v) is 2.43. The van der Waals surface area contributed by atoms with Crippen molar-refractivity contribution < 1.29 is 19.4 Å². The summed E-state index contributed by atoms with van der Waals surface area (Å²) in [4.78, 5) is 22.6. The van der Waals surface area contributed by atoms with Crippen molar-refractivity contribution in [3.8, 4) is 0 Å². The number of hydrogen-bond acceptors (Lipinski definition) is 4. The fraction of sp³-hybridized carbons (Fsp3) is 0.467. The van der Waals surface area contributed by atoms with Crippen LogP contribution >= 0.6 is 15.9 Å². The van der Waals surface area contributed by atoms with E-state index in [-0.39, 0.29) is 0 Å². The third-order valence-electron chi connectivity index (χ3n) is 3.02. The molecule has 1 atom stereocenters. The highest BCUT2D eigenvalue weighted by Gasteiger charge is 2.18. The summed E-state index contributed by atoms with van der Waals surface area (Å²) in [6.45, 7) is 4.38. The number of methoxy groups -OCH3 is 1. The Morgan fingerprint density at radius 1 is 1.38 bits per heavy atom. The summed E-state index contributed by atoms with van der Waals surface area (Å²) in [7, 11) is 1.33. The quantitative estimate of drug-likeness (QED) is 0.733. The van der Waals surface area contributed by atoms with Crippen LogP contribution in [0.2, 0.25) is 0 Å². The molecule has 0 aliphatic heterocycles. The van der Waals surface area contributed by atoms with Crippen molar-refractivity contribution >= 4 is 27.9 Å². The summed E-state index contributed by atoms with van der Waals surface area (Å²) >= 11 is 3.39. The molecule has 0 amide bonds. The van der Waals surface area contributed by atoms with Crippen molar-refractivity contribution in [2.75, 3.05) is 7.11 Å². The van der Waals surface area contributed by atoms with Crippen LogP contribution in [0.25, 0.3) is 0 Å². The SMILES string of the molecule is COC(=O)c1ccc(CN[C@H](CC(C)C)C(=O)O)c(Br)c1. The molecule has 0 aliphatic rings. The maximum atomic E-state index is 11.4. The Bertz CT molecular complexity index is 516. The van der Waals surface area contributed by atoms with Gasteiger partial charge in [0.2, 0.25) is 0 Å². The van der Waals surface area contributed by atoms with Crippen LogP contribution in [0.4, 0.5) is 0 Å². The largest absolute Gasteiger partial charge is 0.480 e. The minimum atomic E-state index is -0.856. The van der Waals surface area contributed by atoms with Gasteiger partial charge in [-0.1, -0.05) is 35.8 Å². The van der Waals surface area contributed by atoms with Gasteiger partial charge in [-0.25, -0.2) is 4.79 Å². The Morgan fingerprint density at radius 2 is 2.05 bits per heavy atom.